The second-order valence-electron chi connectivity index (χ2n) is 6.74. The van der Waals surface area contributed by atoms with Gasteiger partial charge in [-0.1, -0.05) is 11.6 Å². The van der Waals surface area contributed by atoms with E-state index in [0.717, 1.165) is 58.7 Å². The van der Waals surface area contributed by atoms with Crippen LogP contribution in [0.1, 0.15) is 36.0 Å². The third kappa shape index (κ3) is 4.66. The summed E-state index contributed by atoms with van der Waals surface area (Å²) < 4.78 is 10.8. The van der Waals surface area contributed by atoms with Crippen LogP contribution in [0.4, 0.5) is 0 Å². The standard InChI is InChI=1S/C19H27ClN2O3/c1-24-18-14-15(20)5-6-17(18)19(23)22-8-3-2-4-16(22)7-9-21-10-12-25-13-11-21/h5-6,14,16H,2-4,7-13H2,1H3/t16-/m0/s1. The van der Waals surface area contributed by atoms with Gasteiger partial charge in [0.25, 0.3) is 5.91 Å². The minimum Gasteiger partial charge on any atom is -0.496 e. The van der Waals surface area contributed by atoms with Gasteiger partial charge >= 0.3 is 0 Å². The highest BCUT2D eigenvalue weighted by Gasteiger charge is 2.29. The zero-order valence-corrected chi connectivity index (χ0v) is 15.6. The monoisotopic (exact) mass is 366 g/mol. The number of likely N-dealkylation sites (tertiary alicyclic amines) is 1. The number of hydrogen-bond acceptors (Lipinski definition) is 4. The van der Waals surface area contributed by atoms with E-state index in [1.807, 2.05) is 4.90 Å². The van der Waals surface area contributed by atoms with E-state index in [4.69, 9.17) is 21.1 Å². The second kappa shape index (κ2) is 8.88. The topological polar surface area (TPSA) is 42.0 Å². The normalized spacial score (nSPS) is 22.0. The summed E-state index contributed by atoms with van der Waals surface area (Å²) in [5.41, 5.74) is 0.602. The average molecular weight is 367 g/mol. The molecule has 1 aromatic rings. The molecule has 2 aliphatic heterocycles. The van der Waals surface area contributed by atoms with Gasteiger partial charge in [0.05, 0.1) is 25.9 Å². The number of rotatable bonds is 5. The van der Waals surface area contributed by atoms with Crippen molar-refractivity contribution in [2.75, 3.05) is 46.5 Å². The van der Waals surface area contributed by atoms with E-state index in [0.29, 0.717) is 22.4 Å². The minimum absolute atomic E-state index is 0.0557. The molecule has 2 aliphatic rings. The van der Waals surface area contributed by atoms with Gasteiger partial charge in [0.1, 0.15) is 5.75 Å². The zero-order chi connectivity index (χ0) is 17.6. The Kier molecular flexibility index (Phi) is 6.57. The number of amides is 1. The predicted molar refractivity (Wildman–Crippen MR) is 98.6 cm³/mol. The molecule has 25 heavy (non-hydrogen) atoms. The number of carbonyl (C=O) groups excluding carboxylic acids is 1. The molecular weight excluding hydrogens is 340 g/mol. The fourth-order valence-corrected chi connectivity index (χ4v) is 3.88. The highest BCUT2D eigenvalue weighted by Crippen LogP contribution is 2.28. The summed E-state index contributed by atoms with van der Waals surface area (Å²) in [5, 5.41) is 0.580. The molecule has 0 aliphatic carbocycles. The van der Waals surface area contributed by atoms with Gasteiger partial charge in [-0.3, -0.25) is 9.69 Å². The summed E-state index contributed by atoms with van der Waals surface area (Å²) in [7, 11) is 1.58. The number of piperidine rings is 1. The van der Waals surface area contributed by atoms with Gasteiger partial charge in [0.15, 0.2) is 0 Å². The Morgan fingerprint density at radius 1 is 1.28 bits per heavy atom. The lowest BCUT2D eigenvalue weighted by atomic mass is 9.97. The smallest absolute Gasteiger partial charge is 0.257 e. The Balaban J connectivity index is 1.68. The highest BCUT2D eigenvalue weighted by molar-refractivity contribution is 6.30. The number of ether oxygens (including phenoxy) is 2. The molecule has 0 unspecified atom stereocenters. The molecule has 6 heteroatoms. The van der Waals surface area contributed by atoms with Crippen molar-refractivity contribution in [3.05, 3.63) is 28.8 Å². The average Bonchev–Trinajstić information content (AvgIpc) is 2.66. The number of hydrogen-bond donors (Lipinski definition) is 0. The molecular formula is C19H27ClN2O3. The van der Waals surface area contributed by atoms with E-state index in [9.17, 15) is 4.79 Å². The fourth-order valence-electron chi connectivity index (χ4n) is 3.72. The van der Waals surface area contributed by atoms with E-state index in [1.54, 1.807) is 25.3 Å². The molecule has 2 saturated heterocycles. The maximum atomic E-state index is 13.1. The van der Waals surface area contributed by atoms with Crippen molar-refractivity contribution in [1.29, 1.82) is 0 Å². The number of morpholine rings is 1. The van der Waals surface area contributed by atoms with E-state index in [2.05, 4.69) is 4.90 Å². The third-order valence-corrected chi connectivity index (χ3v) is 5.40. The van der Waals surface area contributed by atoms with E-state index in [-0.39, 0.29) is 5.91 Å². The van der Waals surface area contributed by atoms with Crippen molar-refractivity contribution in [2.24, 2.45) is 0 Å². The van der Waals surface area contributed by atoms with Crippen molar-refractivity contribution in [2.45, 2.75) is 31.7 Å². The van der Waals surface area contributed by atoms with Crippen molar-refractivity contribution in [3.8, 4) is 5.75 Å². The molecule has 0 aromatic heterocycles. The van der Waals surface area contributed by atoms with Crippen LogP contribution >= 0.6 is 11.6 Å². The quantitative estimate of drug-likeness (QED) is 0.803. The van der Waals surface area contributed by atoms with Crippen molar-refractivity contribution >= 4 is 17.5 Å². The number of carbonyl (C=O) groups is 1. The molecule has 0 bridgehead atoms. The first-order valence-corrected chi connectivity index (χ1v) is 9.51. The van der Waals surface area contributed by atoms with Crippen LogP contribution in [0.15, 0.2) is 18.2 Å². The first-order valence-electron chi connectivity index (χ1n) is 9.13. The van der Waals surface area contributed by atoms with E-state index in [1.165, 1.54) is 6.42 Å². The highest BCUT2D eigenvalue weighted by atomic mass is 35.5. The van der Waals surface area contributed by atoms with E-state index < -0.39 is 0 Å². The largest absolute Gasteiger partial charge is 0.496 e. The van der Waals surface area contributed by atoms with Crippen LogP contribution in [0.3, 0.4) is 0 Å². The van der Waals surface area contributed by atoms with Gasteiger partial charge < -0.3 is 14.4 Å². The molecule has 5 nitrogen and oxygen atoms in total. The molecule has 0 saturated carbocycles. The van der Waals surface area contributed by atoms with Crippen LogP contribution in [0.25, 0.3) is 0 Å². The van der Waals surface area contributed by atoms with Crippen LogP contribution < -0.4 is 4.74 Å². The number of methoxy groups -OCH3 is 1. The van der Waals surface area contributed by atoms with Gasteiger partial charge in [0.2, 0.25) is 0 Å². The van der Waals surface area contributed by atoms with E-state index >= 15 is 0 Å². The van der Waals surface area contributed by atoms with Crippen LogP contribution in [0.2, 0.25) is 5.02 Å². The molecule has 1 amide bonds. The number of nitrogens with zero attached hydrogens (tertiary/aromatic N) is 2. The molecule has 0 spiro atoms. The molecule has 2 heterocycles. The van der Waals surface area contributed by atoms with Crippen molar-refractivity contribution in [1.82, 2.24) is 9.80 Å². The second-order valence-corrected chi connectivity index (χ2v) is 7.17. The summed E-state index contributed by atoms with van der Waals surface area (Å²) in [5.74, 6) is 0.607. The number of benzene rings is 1. The lowest BCUT2D eigenvalue weighted by molar-refractivity contribution is 0.0295. The first-order chi connectivity index (χ1) is 12.2. The van der Waals surface area contributed by atoms with Gasteiger partial charge in [-0.15, -0.1) is 0 Å². The summed E-state index contributed by atoms with van der Waals surface area (Å²) >= 11 is 6.03. The predicted octanol–water partition coefficient (Wildman–Crippen LogP) is 3.07. The summed E-state index contributed by atoms with van der Waals surface area (Å²) in [4.78, 5) is 17.6. The van der Waals surface area contributed by atoms with Crippen molar-refractivity contribution in [3.63, 3.8) is 0 Å². The molecule has 138 valence electrons. The molecule has 0 radical (unpaired) electrons. The van der Waals surface area contributed by atoms with Gasteiger partial charge in [-0.25, -0.2) is 0 Å². The fraction of sp³-hybridized carbons (Fsp3) is 0.632. The maximum absolute atomic E-state index is 13.1. The molecule has 1 atom stereocenters. The number of halogens is 1. The van der Waals surface area contributed by atoms with Crippen LogP contribution in [0.5, 0.6) is 5.75 Å². The third-order valence-electron chi connectivity index (χ3n) is 5.16. The Morgan fingerprint density at radius 3 is 2.84 bits per heavy atom. The Bertz CT molecular complexity index is 590. The maximum Gasteiger partial charge on any atom is 0.257 e. The van der Waals surface area contributed by atoms with Gasteiger partial charge in [0, 0.05) is 37.2 Å². The Labute approximate surface area is 154 Å². The lowest BCUT2D eigenvalue weighted by Crippen LogP contribution is -2.46. The van der Waals surface area contributed by atoms with Gasteiger partial charge in [-0.05, 0) is 43.9 Å². The summed E-state index contributed by atoms with van der Waals surface area (Å²) in [6.07, 6.45) is 4.35. The van der Waals surface area contributed by atoms with Gasteiger partial charge in [-0.2, -0.15) is 0 Å². The van der Waals surface area contributed by atoms with Crippen LogP contribution in [-0.2, 0) is 4.74 Å². The van der Waals surface area contributed by atoms with Crippen LogP contribution in [0, 0.1) is 0 Å². The molecule has 3 rings (SSSR count). The minimum atomic E-state index is 0.0557. The molecule has 0 N–H and O–H groups in total. The molecule has 2 fully saturated rings. The Hall–Kier alpha value is -1.30. The lowest BCUT2D eigenvalue weighted by Gasteiger charge is -2.37. The van der Waals surface area contributed by atoms with Crippen LogP contribution in [-0.4, -0.2) is 68.3 Å². The Morgan fingerprint density at radius 2 is 2.08 bits per heavy atom. The van der Waals surface area contributed by atoms with Crippen molar-refractivity contribution < 1.29 is 14.3 Å². The summed E-state index contributed by atoms with van der Waals surface area (Å²) in [6.45, 7) is 5.45. The zero-order valence-electron chi connectivity index (χ0n) is 14.9. The first kappa shape index (κ1) is 18.5. The molecule has 1 aromatic carbocycles. The SMILES string of the molecule is COc1cc(Cl)ccc1C(=O)N1CCCC[C@H]1CCN1CCOCC1. The summed E-state index contributed by atoms with van der Waals surface area (Å²) in [6, 6.07) is 5.53.